The smallest absolute Gasteiger partial charge is 0.271 e. The Bertz CT molecular complexity index is 1290. The molecule has 1 aromatic heterocycles. The zero-order chi connectivity index (χ0) is 28.5. The molecule has 12 heteroatoms. The monoisotopic (exact) mass is 575 g/mol. The van der Waals surface area contributed by atoms with Crippen molar-refractivity contribution in [3.63, 3.8) is 0 Å². The first-order valence-corrected chi connectivity index (χ1v) is 13.6. The molecule has 0 bridgehead atoms. The average molecular weight is 577 g/mol. The number of carbonyl (C=O) groups excluding carboxylic acids is 2. The van der Waals surface area contributed by atoms with Crippen molar-refractivity contribution in [3.05, 3.63) is 57.6 Å². The second-order valence-corrected chi connectivity index (χ2v) is 11.7. The Morgan fingerprint density at radius 1 is 1.26 bits per heavy atom. The number of amides is 2. The summed E-state index contributed by atoms with van der Waals surface area (Å²) in [5, 5.41) is 15.4. The third-order valence-corrected chi connectivity index (χ3v) is 7.63. The van der Waals surface area contributed by atoms with Crippen molar-refractivity contribution in [1.29, 1.82) is 5.41 Å². The number of nitrogens with two attached hydrogens (primary N) is 1. The molecule has 10 nitrogen and oxygen atoms in total. The van der Waals surface area contributed by atoms with Gasteiger partial charge in [-0.3, -0.25) is 15.0 Å². The van der Waals surface area contributed by atoms with Gasteiger partial charge in [0.2, 0.25) is 5.91 Å². The molecule has 2 aliphatic heterocycles. The van der Waals surface area contributed by atoms with Crippen LogP contribution in [0.15, 0.2) is 24.8 Å². The van der Waals surface area contributed by atoms with E-state index in [1.54, 1.807) is 11.0 Å². The number of carbonyl (C=O) groups is 2. The zero-order valence-corrected chi connectivity index (χ0v) is 24.0. The molecule has 2 saturated heterocycles. The van der Waals surface area contributed by atoms with E-state index in [2.05, 4.69) is 22.2 Å². The number of nitrogens with zero attached hydrogens (tertiary/aromatic N) is 3. The zero-order valence-electron chi connectivity index (χ0n) is 22.4. The van der Waals surface area contributed by atoms with Gasteiger partial charge < -0.3 is 30.6 Å². The third-order valence-electron chi connectivity index (χ3n) is 7.06. The first-order valence-electron chi connectivity index (χ1n) is 12.9. The molecular weight excluding hydrogens is 541 g/mol. The predicted molar refractivity (Wildman–Crippen MR) is 153 cm³/mol. The first kappa shape index (κ1) is 28.9. The number of hydrogen-bond acceptors (Lipinski definition) is 6. The summed E-state index contributed by atoms with van der Waals surface area (Å²) in [6.45, 7) is 11.7. The van der Waals surface area contributed by atoms with Gasteiger partial charge in [0.05, 0.1) is 12.6 Å². The van der Waals surface area contributed by atoms with Crippen LogP contribution >= 0.6 is 23.2 Å². The third kappa shape index (κ3) is 6.23. The lowest BCUT2D eigenvalue weighted by Gasteiger charge is -2.39. The van der Waals surface area contributed by atoms with E-state index < -0.39 is 0 Å². The van der Waals surface area contributed by atoms with Crippen molar-refractivity contribution in [2.45, 2.75) is 57.7 Å². The number of benzene rings is 1. The van der Waals surface area contributed by atoms with Gasteiger partial charge >= 0.3 is 0 Å². The molecular formula is C27H35Cl2N7O3. The number of halogens is 2. The van der Waals surface area contributed by atoms with E-state index in [0.717, 1.165) is 5.56 Å². The maximum absolute atomic E-state index is 13.4. The van der Waals surface area contributed by atoms with Crippen molar-refractivity contribution < 1.29 is 14.3 Å². The minimum absolute atomic E-state index is 0.0428. The fourth-order valence-electron chi connectivity index (χ4n) is 4.89. The van der Waals surface area contributed by atoms with Crippen LogP contribution in [0.3, 0.4) is 0 Å². The molecule has 3 heterocycles. The van der Waals surface area contributed by atoms with Gasteiger partial charge in [-0.15, -0.1) is 0 Å². The van der Waals surface area contributed by atoms with E-state index in [0.29, 0.717) is 61.2 Å². The Morgan fingerprint density at radius 2 is 1.92 bits per heavy atom. The standard InChI is InChI=1S/C27H35Cl2N7O3/c1-5-22(37)35-13-15(14-35)33-26(38)23-24(29)34-21(36(23)16-6-8-39-9-7-16)12-32-25(31)17-10-18(27(2,3)4)19(28)11-20(17)30/h5,10-11,15-16H,1,6-9,12-14,30H2,2-4H3,(H2,31,32)(H,33,38). The largest absolute Gasteiger partial charge is 0.398 e. The number of nitrogen functional groups attached to an aromatic ring is 1. The molecule has 39 heavy (non-hydrogen) atoms. The van der Waals surface area contributed by atoms with Crippen LogP contribution < -0.4 is 16.4 Å². The fourth-order valence-corrected chi connectivity index (χ4v) is 5.62. The van der Waals surface area contributed by atoms with Gasteiger partial charge in [0.25, 0.3) is 5.91 Å². The molecule has 0 atom stereocenters. The number of amidine groups is 1. The minimum atomic E-state index is -0.354. The normalized spacial score (nSPS) is 16.5. The Morgan fingerprint density at radius 3 is 2.54 bits per heavy atom. The van der Waals surface area contributed by atoms with E-state index in [9.17, 15) is 9.59 Å². The van der Waals surface area contributed by atoms with Crippen LogP contribution in [0.2, 0.25) is 10.2 Å². The van der Waals surface area contributed by atoms with E-state index >= 15 is 0 Å². The number of imidazole rings is 1. The number of rotatable bonds is 7. The van der Waals surface area contributed by atoms with Crippen LogP contribution in [-0.4, -0.2) is 64.4 Å². The van der Waals surface area contributed by atoms with E-state index in [-0.39, 0.29) is 52.5 Å². The maximum atomic E-state index is 13.4. The van der Waals surface area contributed by atoms with E-state index in [4.69, 9.17) is 39.1 Å². The molecule has 0 radical (unpaired) electrons. The minimum Gasteiger partial charge on any atom is -0.398 e. The summed E-state index contributed by atoms with van der Waals surface area (Å²) >= 11 is 13.0. The van der Waals surface area contributed by atoms with Crippen LogP contribution in [0.25, 0.3) is 0 Å². The second-order valence-electron chi connectivity index (χ2n) is 10.9. The van der Waals surface area contributed by atoms with E-state index in [1.807, 2.05) is 31.4 Å². The Labute approximate surface area is 238 Å². The Hall–Kier alpha value is -3.08. The fraction of sp³-hybridized carbons (Fsp3) is 0.481. The van der Waals surface area contributed by atoms with Gasteiger partial charge in [-0.05, 0) is 42.0 Å². The quantitative estimate of drug-likeness (QED) is 0.172. The highest BCUT2D eigenvalue weighted by atomic mass is 35.5. The second kappa shape index (κ2) is 11.6. The number of aromatic nitrogens is 2. The molecule has 2 amide bonds. The lowest BCUT2D eigenvalue weighted by Crippen LogP contribution is -2.60. The van der Waals surface area contributed by atoms with Gasteiger partial charge in [-0.1, -0.05) is 50.6 Å². The van der Waals surface area contributed by atoms with Crippen LogP contribution in [0.4, 0.5) is 5.69 Å². The van der Waals surface area contributed by atoms with Crippen molar-refractivity contribution in [1.82, 2.24) is 25.1 Å². The van der Waals surface area contributed by atoms with Crippen LogP contribution in [0.5, 0.6) is 0 Å². The summed E-state index contributed by atoms with van der Waals surface area (Å²) in [4.78, 5) is 31.2. The molecule has 2 aromatic rings. The highest BCUT2D eigenvalue weighted by molar-refractivity contribution is 6.32. The topological polar surface area (TPSA) is 138 Å². The Kier molecular flexibility index (Phi) is 8.58. The summed E-state index contributed by atoms with van der Waals surface area (Å²) in [5.74, 6) is 0.118. The average Bonchev–Trinajstić information content (AvgIpc) is 3.19. The molecule has 0 aliphatic carbocycles. The summed E-state index contributed by atoms with van der Waals surface area (Å²) < 4.78 is 7.39. The first-order chi connectivity index (χ1) is 18.4. The van der Waals surface area contributed by atoms with Crippen LogP contribution in [-0.2, 0) is 21.5 Å². The number of ether oxygens (including phenoxy) is 1. The molecule has 2 fully saturated rings. The number of hydrogen-bond donors (Lipinski definition) is 4. The Balaban J connectivity index is 1.56. The number of anilines is 1. The summed E-state index contributed by atoms with van der Waals surface area (Å²) in [6, 6.07) is 3.28. The van der Waals surface area contributed by atoms with Crippen molar-refractivity contribution in [2.75, 3.05) is 32.0 Å². The molecule has 0 unspecified atom stereocenters. The number of nitrogens with one attached hydrogen (secondary N) is 3. The molecule has 0 saturated carbocycles. The van der Waals surface area contributed by atoms with Gasteiger partial charge in [0.1, 0.15) is 17.4 Å². The van der Waals surface area contributed by atoms with E-state index in [1.165, 1.54) is 6.08 Å². The molecule has 1 aromatic carbocycles. The SMILES string of the molecule is C=CC(=O)N1CC(NC(=O)c2c(Cl)nc(CNC(=N)c3cc(C(C)(C)C)c(Cl)cc3N)n2C2CCOCC2)C1. The molecule has 210 valence electrons. The molecule has 4 rings (SSSR count). The van der Waals surface area contributed by atoms with Crippen LogP contribution in [0.1, 0.15) is 67.1 Å². The predicted octanol–water partition coefficient (Wildman–Crippen LogP) is 3.66. The van der Waals surface area contributed by atoms with Gasteiger partial charge in [0.15, 0.2) is 5.15 Å². The van der Waals surface area contributed by atoms with Crippen LogP contribution in [0, 0.1) is 5.41 Å². The summed E-state index contributed by atoms with van der Waals surface area (Å²) in [5.41, 5.74) is 8.05. The highest BCUT2D eigenvalue weighted by Crippen LogP contribution is 2.33. The van der Waals surface area contributed by atoms with Crippen molar-refractivity contribution in [3.8, 4) is 0 Å². The van der Waals surface area contributed by atoms with Crippen molar-refractivity contribution >= 4 is 46.5 Å². The molecule has 0 spiro atoms. The highest BCUT2D eigenvalue weighted by Gasteiger charge is 2.34. The molecule has 5 N–H and O–H groups in total. The molecule has 2 aliphatic rings. The summed E-state index contributed by atoms with van der Waals surface area (Å²) in [6.07, 6.45) is 2.65. The van der Waals surface area contributed by atoms with Gasteiger partial charge in [-0.25, -0.2) is 4.98 Å². The summed E-state index contributed by atoms with van der Waals surface area (Å²) in [7, 11) is 0. The van der Waals surface area contributed by atoms with Gasteiger partial charge in [-0.2, -0.15) is 0 Å². The lowest BCUT2D eigenvalue weighted by atomic mass is 9.85. The van der Waals surface area contributed by atoms with Crippen molar-refractivity contribution in [2.24, 2.45) is 0 Å². The van der Waals surface area contributed by atoms with Gasteiger partial charge in [0, 0.05) is 48.6 Å². The number of likely N-dealkylation sites (tertiary alicyclic amines) is 1. The maximum Gasteiger partial charge on any atom is 0.271 e. The lowest BCUT2D eigenvalue weighted by molar-refractivity contribution is -0.130.